The highest BCUT2D eigenvalue weighted by atomic mass is 16.4. The Kier molecular flexibility index (Phi) is 3.46. The minimum Gasteiger partial charge on any atom is -0.475 e. The Labute approximate surface area is 105 Å². The second-order valence-corrected chi connectivity index (χ2v) is 4.30. The predicted octanol–water partition coefficient (Wildman–Crippen LogP) is 2.77. The van der Waals surface area contributed by atoms with Gasteiger partial charge in [-0.15, -0.1) is 0 Å². The molecule has 0 saturated heterocycles. The Bertz CT molecular complexity index is 572. The first-order valence-electron chi connectivity index (χ1n) is 5.81. The minimum absolute atomic E-state index is 0.0415. The summed E-state index contributed by atoms with van der Waals surface area (Å²) in [5.41, 5.74) is 2.88. The van der Waals surface area contributed by atoms with Gasteiger partial charge >= 0.3 is 5.97 Å². The maximum Gasteiger partial charge on any atom is 0.373 e. The first-order valence-corrected chi connectivity index (χ1v) is 5.81. The van der Waals surface area contributed by atoms with E-state index < -0.39 is 5.97 Å². The van der Waals surface area contributed by atoms with Crippen molar-refractivity contribution in [2.75, 3.05) is 0 Å². The second-order valence-electron chi connectivity index (χ2n) is 4.30. The van der Waals surface area contributed by atoms with Crippen LogP contribution in [0.1, 0.15) is 33.3 Å². The van der Waals surface area contributed by atoms with E-state index in [0.717, 1.165) is 6.42 Å². The van der Waals surface area contributed by atoms with Crippen molar-refractivity contribution in [1.82, 2.24) is 4.98 Å². The van der Waals surface area contributed by atoms with Gasteiger partial charge in [0.15, 0.2) is 5.89 Å². The van der Waals surface area contributed by atoms with E-state index in [2.05, 4.69) is 11.1 Å². The molecule has 0 aliphatic heterocycles. The largest absolute Gasteiger partial charge is 0.475 e. The smallest absolute Gasteiger partial charge is 0.373 e. The van der Waals surface area contributed by atoms with Crippen LogP contribution in [0.25, 0.3) is 0 Å². The summed E-state index contributed by atoms with van der Waals surface area (Å²) >= 11 is 0. The van der Waals surface area contributed by atoms with Gasteiger partial charge in [-0.05, 0) is 25.3 Å². The quantitative estimate of drug-likeness (QED) is 0.899. The van der Waals surface area contributed by atoms with Gasteiger partial charge in [-0.25, -0.2) is 9.78 Å². The van der Waals surface area contributed by atoms with Crippen LogP contribution >= 0.6 is 0 Å². The van der Waals surface area contributed by atoms with Crippen LogP contribution in [0.2, 0.25) is 0 Å². The van der Waals surface area contributed by atoms with Gasteiger partial charge in [0.05, 0.1) is 5.69 Å². The molecule has 4 heteroatoms. The zero-order chi connectivity index (χ0) is 13.1. The van der Waals surface area contributed by atoms with Crippen molar-refractivity contribution in [2.45, 2.75) is 26.7 Å². The maximum atomic E-state index is 11.0. The topological polar surface area (TPSA) is 63.3 Å². The number of aromatic nitrogens is 1. The van der Waals surface area contributed by atoms with Crippen LogP contribution in [0.15, 0.2) is 28.7 Å². The van der Waals surface area contributed by atoms with Gasteiger partial charge in [0.2, 0.25) is 5.76 Å². The average molecular weight is 245 g/mol. The monoisotopic (exact) mass is 245 g/mol. The maximum absolute atomic E-state index is 11.0. The third kappa shape index (κ3) is 2.77. The number of hydrogen-bond acceptors (Lipinski definition) is 3. The van der Waals surface area contributed by atoms with E-state index in [1.165, 1.54) is 11.1 Å². The fourth-order valence-electron chi connectivity index (χ4n) is 1.94. The van der Waals surface area contributed by atoms with Gasteiger partial charge in [0.1, 0.15) is 0 Å². The van der Waals surface area contributed by atoms with Gasteiger partial charge in [0.25, 0.3) is 0 Å². The fourth-order valence-corrected chi connectivity index (χ4v) is 1.94. The molecule has 0 aliphatic carbocycles. The number of hydrogen-bond donors (Lipinski definition) is 1. The lowest BCUT2D eigenvalue weighted by Crippen LogP contribution is -2.01. The molecular formula is C14H15NO3. The number of aryl methyl sites for hydroxylation is 4. The molecule has 1 heterocycles. The van der Waals surface area contributed by atoms with E-state index >= 15 is 0 Å². The van der Waals surface area contributed by atoms with E-state index in [9.17, 15) is 4.79 Å². The molecule has 1 aromatic carbocycles. The number of oxazole rings is 1. The van der Waals surface area contributed by atoms with E-state index in [1.807, 2.05) is 25.1 Å². The number of aromatic carboxylic acids is 1. The molecule has 4 nitrogen and oxygen atoms in total. The average Bonchev–Trinajstić information content (AvgIpc) is 2.68. The Morgan fingerprint density at radius 1 is 1.33 bits per heavy atom. The molecule has 0 radical (unpaired) electrons. The highest BCUT2D eigenvalue weighted by Gasteiger charge is 2.17. The molecule has 0 bridgehead atoms. The summed E-state index contributed by atoms with van der Waals surface area (Å²) < 4.78 is 5.08. The lowest BCUT2D eigenvalue weighted by molar-refractivity contribution is 0.0659. The van der Waals surface area contributed by atoms with Crippen LogP contribution in [-0.2, 0) is 12.8 Å². The lowest BCUT2D eigenvalue weighted by Gasteiger charge is -2.01. The Balaban J connectivity index is 2.13. The van der Waals surface area contributed by atoms with Crippen LogP contribution in [0.4, 0.5) is 0 Å². The van der Waals surface area contributed by atoms with Crippen LogP contribution in [-0.4, -0.2) is 16.1 Å². The summed E-state index contributed by atoms with van der Waals surface area (Å²) in [6, 6.07) is 8.15. The van der Waals surface area contributed by atoms with Gasteiger partial charge in [0, 0.05) is 6.92 Å². The van der Waals surface area contributed by atoms with E-state index in [1.54, 1.807) is 6.92 Å². The molecule has 0 saturated carbocycles. The first kappa shape index (κ1) is 12.4. The molecule has 2 rings (SSSR count). The Hall–Kier alpha value is -2.10. The zero-order valence-corrected chi connectivity index (χ0v) is 10.4. The minimum atomic E-state index is -1.06. The zero-order valence-electron chi connectivity index (χ0n) is 10.4. The molecule has 0 amide bonds. The molecule has 0 aliphatic rings. The number of benzene rings is 1. The Morgan fingerprint density at radius 3 is 2.78 bits per heavy atom. The molecule has 1 N–H and O–H groups in total. The number of rotatable bonds is 4. The van der Waals surface area contributed by atoms with E-state index in [4.69, 9.17) is 9.52 Å². The van der Waals surface area contributed by atoms with Gasteiger partial charge in [-0.2, -0.15) is 0 Å². The summed E-state index contributed by atoms with van der Waals surface area (Å²) in [5, 5.41) is 8.99. The van der Waals surface area contributed by atoms with Crippen molar-refractivity contribution >= 4 is 5.97 Å². The van der Waals surface area contributed by atoms with E-state index in [0.29, 0.717) is 18.0 Å². The van der Waals surface area contributed by atoms with Crippen LogP contribution in [0.5, 0.6) is 0 Å². The van der Waals surface area contributed by atoms with Crippen molar-refractivity contribution in [3.8, 4) is 0 Å². The molecule has 18 heavy (non-hydrogen) atoms. The summed E-state index contributed by atoms with van der Waals surface area (Å²) in [6.07, 6.45) is 1.33. The molecule has 0 atom stereocenters. The summed E-state index contributed by atoms with van der Waals surface area (Å²) in [5.74, 6) is -0.707. The standard InChI is InChI=1S/C14H15NO3/c1-9-4-3-5-11(8-9)6-7-12-13(14(16)17)18-10(2)15-12/h3-5,8H,6-7H2,1-2H3,(H,16,17). The summed E-state index contributed by atoms with van der Waals surface area (Å²) in [4.78, 5) is 15.1. The van der Waals surface area contributed by atoms with Crippen molar-refractivity contribution in [1.29, 1.82) is 0 Å². The van der Waals surface area contributed by atoms with Gasteiger partial charge in [-0.1, -0.05) is 29.8 Å². The number of carboxylic acid groups (broad SMARTS) is 1. The van der Waals surface area contributed by atoms with E-state index in [-0.39, 0.29) is 5.76 Å². The molecule has 94 valence electrons. The number of carbonyl (C=O) groups is 1. The number of carboxylic acids is 1. The first-order chi connectivity index (χ1) is 8.56. The van der Waals surface area contributed by atoms with Crippen molar-refractivity contribution in [3.05, 3.63) is 52.7 Å². The molecular weight excluding hydrogens is 230 g/mol. The molecule has 2 aromatic rings. The highest BCUT2D eigenvalue weighted by Crippen LogP contribution is 2.14. The third-order valence-electron chi connectivity index (χ3n) is 2.73. The fraction of sp³-hybridized carbons (Fsp3) is 0.286. The molecule has 0 fully saturated rings. The van der Waals surface area contributed by atoms with Crippen molar-refractivity contribution in [2.24, 2.45) is 0 Å². The normalized spacial score (nSPS) is 10.6. The highest BCUT2D eigenvalue weighted by molar-refractivity contribution is 5.85. The van der Waals surface area contributed by atoms with Crippen LogP contribution in [0.3, 0.4) is 0 Å². The SMILES string of the molecule is Cc1cccc(CCc2nc(C)oc2C(=O)O)c1. The van der Waals surface area contributed by atoms with Crippen molar-refractivity contribution < 1.29 is 14.3 Å². The molecule has 0 spiro atoms. The molecule has 0 unspecified atom stereocenters. The van der Waals surface area contributed by atoms with Crippen LogP contribution in [0, 0.1) is 13.8 Å². The third-order valence-corrected chi connectivity index (χ3v) is 2.73. The van der Waals surface area contributed by atoms with Gasteiger partial charge < -0.3 is 9.52 Å². The molecule has 1 aromatic heterocycles. The van der Waals surface area contributed by atoms with Crippen molar-refractivity contribution in [3.63, 3.8) is 0 Å². The van der Waals surface area contributed by atoms with Crippen LogP contribution < -0.4 is 0 Å². The number of nitrogens with zero attached hydrogens (tertiary/aromatic N) is 1. The lowest BCUT2D eigenvalue weighted by atomic mass is 10.1. The second kappa shape index (κ2) is 5.04. The summed E-state index contributed by atoms with van der Waals surface area (Å²) in [6.45, 7) is 3.69. The summed E-state index contributed by atoms with van der Waals surface area (Å²) in [7, 11) is 0. The van der Waals surface area contributed by atoms with Gasteiger partial charge in [-0.3, -0.25) is 0 Å². The predicted molar refractivity (Wildman–Crippen MR) is 66.8 cm³/mol. The Morgan fingerprint density at radius 2 is 2.11 bits per heavy atom.